The van der Waals surface area contributed by atoms with Gasteiger partial charge in [-0.1, -0.05) is 18.5 Å². The highest BCUT2D eigenvalue weighted by molar-refractivity contribution is 14.1. The minimum Gasteiger partial charge on any atom is -0.369 e. The summed E-state index contributed by atoms with van der Waals surface area (Å²) in [5.41, 5.74) is 1.32. The van der Waals surface area contributed by atoms with Gasteiger partial charge < -0.3 is 10.2 Å². The molecule has 0 radical (unpaired) electrons. The van der Waals surface area contributed by atoms with E-state index in [1.54, 1.807) is 0 Å². The lowest BCUT2D eigenvalue weighted by atomic mass is 10.2. The molecule has 1 aliphatic heterocycles. The van der Waals surface area contributed by atoms with E-state index in [2.05, 4.69) is 45.8 Å². The molecule has 2 nitrogen and oxygen atoms in total. The van der Waals surface area contributed by atoms with Gasteiger partial charge in [-0.15, -0.1) is 0 Å². The summed E-state index contributed by atoms with van der Waals surface area (Å²) < 4.78 is 1.24. The van der Waals surface area contributed by atoms with Crippen LogP contribution in [0.4, 0.5) is 5.69 Å². The van der Waals surface area contributed by atoms with Crippen LogP contribution in [-0.4, -0.2) is 25.7 Å². The van der Waals surface area contributed by atoms with Gasteiger partial charge in [0.15, 0.2) is 0 Å². The summed E-state index contributed by atoms with van der Waals surface area (Å²) in [6.07, 6.45) is 2.44. The first kappa shape index (κ1) is 13.4. The Hall–Kier alpha value is -0.000000000000000111. The van der Waals surface area contributed by atoms with Crippen molar-refractivity contribution in [3.63, 3.8) is 0 Å². The minimum atomic E-state index is 0.640. The predicted molar refractivity (Wildman–Crippen MR) is 83.1 cm³/mol. The van der Waals surface area contributed by atoms with Gasteiger partial charge in [-0.25, -0.2) is 0 Å². The van der Waals surface area contributed by atoms with Crippen LogP contribution in [0.15, 0.2) is 18.2 Å². The number of nitrogens with zero attached hydrogens (tertiary/aromatic N) is 1. The molecule has 1 aromatic rings. The van der Waals surface area contributed by atoms with E-state index < -0.39 is 0 Å². The Morgan fingerprint density at radius 2 is 2.35 bits per heavy atom. The van der Waals surface area contributed by atoms with Gasteiger partial charge in [0.05, 0.1) is 5.69 Å². The molecular formula is C13H18ClIN2. The van der Waals surface area contributed by atoms with Gasteiger partial charge in [0.25, 0.3) is 0 Å². The van der Waals surface area contributed by atoms with Crippen LogP contribution in [-0.2, 0) is 0 Å². The van der Waals surface area contributed by atoms with Gasteiger partial charge in [0.1, 0.15) is 0 Å². The number of nitrogens with one attached hydrogen (secondary N) is 1. The summed E-state index contributed by atoms with van der Waals surface area (Å²) in [5.74, 6) is 0. The number of hydrogen-bond donors (Lipinski definition) is 1. The monoisotopic (exact) mass is 364 g/mol. The van der Waals surface area contributed by atoms with Gasteiger partial charge in [-0.2, -0.15) is 0 Å². The SMILES string of the molecule is CCCNC1CCN(c2ccc(Cl)cc2I)C1. The molecule has 1 aromatic carbocycles. The van der Waals surface area contributed by atoms with Crippen molar-refractivity contribution < 1.29 is 0 Å². The smallest absolute Gasteiger partial charge is 0.0503 e. The highest BCUT2D eigenvalue weighted by atomic mass is 127. The van der Waals surface area contributed by atoms with Gasteiger partial charge >= 0.3 is 0 Å². The van der Waals surface area contributed by atoms with Crippen LogP contribution in [0.2, 0.25) is 5.02 Å². The second-order valence-electron chi connectivity index (χ2n) is 4.48. The van der Waals surface area contributed by atoms with Crippen molar-refractivity contribution in [3.05, 3.63) is 26.8 Å². The van der Waals surface area contributed by atoms with E-state index in [0.29, 0.717) is 6.04 Å². The van der Waals surface area contributed by atoms with Gasteiger partial charge in [0, 0.05) is 27.7 Å². The highest BCUT2D eigenvalue weighted by Gasteiger charge is 2.23. The molecule has 1 fully saturated rings. The van der Waals surface area contributed by atoms with Crippen molar-refractivity contribution in [2.75, 3.05) is 24.5 Å². The molecule has 1 unspecified atom stereocenters. The third-order valence-corrected chi connectivity index (χ3v) is 4.22. The number of rotatable bonds is 4. The molecule has 94 valence electrons. The first-order valence-corrected chi connectivity index (χ1v) is 7.59. The van der Waals surface area contributed by atoms with Gasteiger partial charge in [-0.3, -0.25) is 0 Å². The number of hydrogen-bond acceptors (Lipinski definition) is 2. The standard InChI is InChI=1S/C13H18ClIN2/c1-2-6-16-11-5-7-17(9-11)13-4-3-10(14)8-12(13)15/h3-4,8,11,16H,2,5-7,9H2,1H3. The second-order valence-corrected chi connectivity index (χ2v) is 6.08. The number of halogens is 2. The van der Waals surface area contributed by atoms with Crippen molar-refractivity contribution in [2.24, 2.45) is 0 Å². The van der Waals surface area contributed by atoms with Crippen LogP contribution in [0.25, 0.3) is 0 Å². The molecule has 1 aliphatic rings. The Balaban J connectivity index is 2.00. The van der Waals surface area contributed by atoms with Crippen LogP contribution in [0.3, 0.4) is 0 Å². The normalized spacial score (nSPS) is 19.9. The van der Waals surface area contributed by atoms with Crippen molar-refractivity contribution in [1.29, 1.82) is 0 Å². The van der Waals surface area contributed by atoms with Gasteiger partial charge in [-0.05, 0) is 60.2 Å². The third-order valence-electron chi connectivity index (χ3n) is 3.12. The van der Waals surface area contributed by atoms with Crippen molar-refractivity contribution in [1.82, 2.24) is 5.32 Å². The Morgan fingerprint density at radius 1 is 1.53 bits per heavy atom. The maximum atomic E-state index is 5.99. The molecule has 4 heteroatoms. The molecule has 1 N–H and O–H groups in total. The fourth-order valence-corrected chi connectivity index (χ4v) is 3.44. The summed E-state index contributed by atoms with van der Waals surface area (Å²) in [6.45, 7) is 5.58. The van der Waals surface area contributed by atoms with E-state index in [4.69, 9.17) is 11.6 Å². The zero-order valence-electron chi connectivity index (χ0n) is 10.0. The van der Waals surface area contributed by atoms with Crippen LogP contribution < -0.4 is 10.2 Å². The molecule has 1 atom stereocenters. The second kappa shape index (κ2) is 6.25. The molecule has 1 heterocycles. The average Bonchev–Trinajstić information content (AvgIpc) is 2.75. The van der Waals surface area contributed by atoms with E-state index in [-0.39, 0.29) is 0 Å². The maximum absolute atomic E-state index is 5.99. The van der Waals surface area contributed by atoms with Crippen LogP contribution >= 0.6 is 34.2 Å². The third kappa shape index (κ3) is 3.48. The molecule has 0 bridgehead atoms. The number of benzene rings is 1. The van der Waals surface area contributed by atoms with E-state index in [1.807, 2.05) is 12.1 Å². The average molecular weight is 365 g/mol. The largest absolute Gasteiger partial charge is 0.369 e. The lowest BCUT2D eigenvalue weighted by molar-refractivity contribution is 0.549. The van der Waals surface area contributed by atoms with E-state index in [1.165, 1.54) is 22.1 Å². The summed E-state index contributed by atoms with van der Waals surface area (Å²) in [6, 6.07) is 6.78. The van der Waals surface area contributed by atoms with Crippen molar-refractivity contribution in [2.45, 2.75) is 25.8 Å². The van der Waals surface area contributed by atoms with Crippen LogP contribution in [0.5, 0.6) is 0 Å². The van der Waals surface area contributed by atoms with E-state index in [0.717, 1.165) is 24.7 Å². The summed E-state index contributed by atoms with van der Waals surface area (Å²) in [5, 5.41) is 4.41. The number of anilines is 1. The van der Waals surface area contributed by atoms with Crippen molar-refractivity contribution in [3.8, 4) is 0 Å². The van der Waals surface area contributed by atoms with E-state index in [9.17, 15) is 0 Å². The molecule has 17 heavy (non-hydrogen) atoms. The lowest BCUT2D eigenvalue weighted by Gasteiger charge is -2.20. The fraction of sp³-hybridized carbons (Fsp3) is 0.538. The molecule has 2 rings (SSSR count). The first-order valence-electron chi connectivity index (χ1n) is 6.14. The summed E-state index contributed by atoms with van der Waals surface area (Å²) in [4.78, 5) is 2.45. The Labute approximate surface area is 122 Å². The molecule has 0 saturated carbocycles. The molecule has 0 aliphatic carbocycles. The molecular weight excluding hydrogens is 347 g/mol. The Kier molecular flexibility index (Phi) is 4.94. The zero-order chi connectivity index (χ0) is 12.3. The van der Waals surface area contributed by atoms with Gasteiger partial charge in [0.2, 0.25) is 0 Å². The van der Waals surface area contributed by atoms with Crippen LogP contribution in [0.1, 0.15) is 19.8 Å². The molecule has 0 aromatic heterocycles. The maximum Gasteiger partial charge on any atom is 0.0503 e. The highest BCUT2D eigenvalue weighted by Crippen LogP contribution is 2.28. The molecule has 0 spiro atoms. The Morgan fingerprint density at radius 3 is 3.06 bits per heavy atom. The quantitative estimate of drug-likeness (QED) is 0.822. The first-order chi connectivity index (χ1) is 8.20. The molecule has 1 saturated heterocycles. The lowest BCUT2D eigenvalue weighted by Crippen LogP contribution is -2.33. The van der Waals surface area contributed by atoms with E-state index >= 15 is 0 Å². The Bertz CT molecular complexity index is 384. The zero-order valence-corrected chi connectivity index (χ0v) is 13.0. The minimum absolute atomic E-state index is 0.640. The topological polar surface area (TPSA) is 15.3 Å². The summed E-state index contributed by atoms with van der Waals surface area (Å²) in [7, 11) is 0. The van der Waals surface area contributed by atoms with Crippen molar-refractivity contribution >= 4 is 39.9 Å². The summed E-state index contributed by atoms with van der Waals surface area (Å²) >= 11 is 8.35. The van der Waals surface area contributed by atoms with Crippen LogP contribution in [0, 0.1) is 3.57 Å². The predicted octanol–water partition coefficient (Wildman–Crippen LogP) is 3.52. The molecule has 0 amide bonds. The fourth-order valence-electron chi connectivity index (χ4n) is 2.23.